The van der Waals surface area contributed by atoms with Crippen LogP contribution in [0.3, 0.4) is 0 Å². The Kier molecular flexibility index (Phi) is 7.39. The van der Waals surface area contributed by atoms with Crippen molar-refractivity contribution < 1.29 is 19.4 Å². The predicted molar refractivity (Wildman–Crippen MR) is 107 cm³/mol. The lowest BCUT2D eigenvalue weighted by molar-refractivity contribution is -1.02. The Morgan fingerprint density at radius 1 is 1.00 bits per heavy atom. The Bertz CT molecular complexity index is 627. The van der Waals surface area contributed by atoms with Crippen LogP contribution in [0.5, 0.6) is 0 Å². The molecule has 1 aromatic carbocycles. The molecule has 0 spiro atoms. The lowest BCUT2D eigenvalue weighted by Crippen LogP contribution is -3.28. The fourth-order valence-electron chi connectivity index (χ4n) is 3.39. The second-order valence-corrected chi connectivity index (χ2v) is 9.00. The Hall–Kier alpha value is -1.92. The molecule has 0 atom stereocenters. The summed E-state index contributed by atoms with van der Waals surface area (Å²) in [4.78, 5) is 26.6. The van der Waals surface area contributed by atoms with Gasteiger partial charge in [0.15, 0.2) is 6.54 Å². The van der Waals surface area contributed by atoms with Gasteiger partial charge in [0.2, 0.25) is 0 Å². The summed E-state index contributed by atoms with van der Waals surface area (Å²) in [5.41, 5.74) is 2.40. The molecule has 1 saturated heterocycles. The third-order valence-corrected chi connectivity index (χ3v) is 4.92. The first-order valence-electron chi connectivity index (χ1n) is 10.0. The number of imide groups is 1. The summed E-state index contributed by atoms with van der Waals surface area (Å²) in [6.45, 7) is 15.5. The normalized spacial score (nSPS) is 20.4. The number of hydrogen-bond acceptors (Lipinski definition) is 2. The molecular formula is C21H36N4O2+2. The van der Waals surface area contributed by atoms with E-state index in [1.165, 1.54) is 16.0 Å². The largest absolute Gasteiger partial charge is 0.333 e. The zero-order valence-electron chi connectivity index (χ0n) is 17.4. The topological polar surface area (TPSA) is 67.1 Å². The Balaban J connectivity index is 1.72. The molecule has 4 N–H and O–H groups in total. The van der Waals surface area contributed by atoms with Crippen molar-refractivity contribution in [3.63, 3.8) is 0 Å². The molecule has 1 aliphatic heterocycles. The summed E-state index contributed by atoms with van der Waals surface area (Å²) >= 11 is 0. The Morgan fingerprint density at radius 2 is 1.56 bits per heavy atom. The van der Waals surface area contributed by atoms with Crippen molar-refractivity contribution in [2.24, 2.45) is 0 Å². The van der Waals surface area contributed by atoms with E-state index in [1.54, 1.807) is 4.90 Å². The Morgan fingerprint density at radius 3 is 2.07 bits per heavy atom. The summed E-state index contributed by atoms with van der Waals surface area (Å²) in [5, 5.41) is 5.18. The number of hydrogen-bond donors (Lipinski definition) is 4. The first-order chi connectivity index (χ1) is 12.6. The highest BCUT2D eigenvalue weighted by atomic mass is 16.2. The number of piperazine rings is 1. The van der Waals surface area contributed by atoms with E-state index in [4.69, 9.17) is 0 Å². The minimum absolute atomic E-state index is 0.209. The predicted octanol–water partition coefficient (Wildman–Crippen LogP) is -0.282. The molecule has 1 aliphatic rings. The molecule has 3 amide bonds. The summed E-state index contributed by atoms with van der Waals surface area (Å²) in [5.74, 6) is 0.356. The van der Waals surface area contributed by atoms with Crippen LogP contribution in [0, 0.1) is 0 Å². The van der Waals surface area contributed by atoms with Crippen molar-refractivity contribution in [3.8, 4) is 0 Å². The molecule has 6 heteroatoms. The van der Waals surface area contributed by atoms with E-state index >= 15 is 0 Å². The number of carbonyl (C=O) groups is 2. The van der Waals surface area contributed by atoms with Gasteiger partial charge >= 0.3 is 6.03 Å². The number of nitrogens with one attached hydrogen (secondary N) is 4. The quantitative estimate of drug-likeness (QED) is 0.571. The van der Waals surface area contributed by atoms with E-state index in [0.29, 0.717) is 12.5 Å². The second-order valence-electron chi connectivity index (χ2n) is 9.00. The van der Waals surface area contributed by atoms with E-state index in [-0.39, 0.29) is 11.4 Å². The monoisotopic (exact) mass is 376 g/mol. The van der Waals surface area contributed by atoms with Crippen LogP contribution in [0.25, 0.3) is 0 Å². The number of benzene rings is 1. The molecule has 0 saturated carbocycles. The van der Waals surface area contributed by atoms with E-state index in [2.05, 4.69) is 48.7 Å². The fourth-order valence-corrected chi connectivity index (χ4v) is 3.39. The number of carbonyl (C=O) groups excluding carboxylic acids is 2. The van der Waals surface area contributed by atoms with Crippen LogP contribution in [0.15, 0.2) is 24.3 Å². The van der Waals surface area contributed by atoms with E-state index in [9.17, 15) is 9.59 Å². The SMILES string of the molecule is CC(C)c1ccc(C[NH+]2CC[NH+](CC(=O)NC(=O)NC(C)(C)C)CC2)cc1. The molecule has 6 nitrogen and oxygen atoms in total. The molecule has 1 heterocycles. The molecule has 1 fully saturated rings. The average molecular weight is 377 g/mol. The van der Waals surface area contributed by atoms with Gasteiger partial charge in [-0.2, -0.15) is 0 Å². The molecular weight excluding hydrogens is 340 g/mol. The van der Waals surface area contributed by atoms with Gasteiger partial charge in [-0.05, 0) is 32.3 Å². The molecule has 27 heavy (non-hydrogen) atoms. The molecule has 0 aliphatic carbocycles. The maximum absolute atomic E-state index is 12.1. The highest BCUT2D eigenvalue weighted by Gasteiger charge is 2.26. The standard InChI is InChI=1S/C21H34N4O2/c1-16(2)18-8-6-17(7-9-18)14-24-10-12-25(13-11-24)15-19(26)22-20(27)23-21(3,4)5/h6-9,16H,10-15H2,1-5H3,(H2,22,23,26,27)/p+2. The highest BCUT2D eigenvalue weighted by Crippen LogP contribution is 2.14. The molecule has 0 aromatic heterocycles. The molecule has 0 bridgehead atoms. The van der Waals surface area contributed by atoms with Crippen LogP contribution < -0.4 is 20.4 Å². The van der Waals surface area contributed by atoms with E-state index in [0.717, 1.165) is 32.7 Å². The van der Waals surface area contributed by atoms with Crippen LogP contribution >= 0.6 is 0 Å². The van der Waals surface area contributed by atoms with Crippen LogP contribution in [-0.2, 0) is 11.3 Å². The third kappa shape index (κ3) is 7.69. The third-order valence-electron chi connectivity index (χ3n) is 4.92. The van der Waals surface area contributed by atoms with Crippen LogP contribution in [0.4, 0.5) is 4.79 Å². The lowest BCUT2D eigenvalue weighted by Gasteiger charge is -2.29. The van der Waals surface area contributed by atoms with Crippen molar-refractivity contribution >= 4 is 11.9 Å². The van der Waals surface area contributed by atoms with Crippen molar-refractivity contribution in [1.82, 2.24) is 10.6 Å². The summed E-state index contributed by atoms with van der Waals surface area (Å²) in [7, 11) is 0. The van der Waals surface area contributed by atoms with Gasteiger partial charge in [0.25, 0.3) is 5.91 Å². The zero-order valence-corrected chi connectivity index (χ0v) is 17.4. The first-order valence-corrected chi connectivity index (χ1v) is 10.0. The summed E-state index contributed by atoms with van der Waals surface area (Å²) in [6, 6.07) is 8.52. The number of amides is 3. The lowest BCUT2D eigenvalue weighted by atomic mass is 10.0. The summed E-state index contributed by atoms with van der Waals surface area (Å²) < 4.78 is 0. The number of quaternary nitrogens is 2. The molecule has 0 unspecified atom stereocenters. The molecule has 150 valence electrons. The second kappa shape index (κ2) is 9.33. The molecule has 1 aromatic rings. The minimum Gasteiger partial charge on any atom is -0.333 e. The van der Waals surface area contributed by atoms with Crippen molar-refractivity contribution in [3.05, 3.63) is 35.4 Å². The van der Waals surface area contributed by atoms with Gasteiger partial charge in [0.05, 0.1) is 0 Å². The Labute approximate surface area is 163 Å². The summed E-state index contributed by atoms with van der Waals surface area (Å²) in [6.07, 6.45) is 0. The minimum atomic E-state index is -0.416. The van der Waals surface area contributed by atoms with Gasteiger partial charge in [0, 0.05) is 11.1 Å². The van der Waals surface area contributed by atoms with Gasteiger partial charge in [-0.25, -0.2) is 4.79 Å². The number of rotatable bonds is 5. The molecule has 0 radical (unpaired) electrons. The van der Waals surface area contributed by atoms with Crippen molar-refractivity contribution in [1.29, 1.82) is 0 Å². The van der Waals surface area contributed by atoms with Crippen LogP contribution in [-0.4, -0.2) is 50.2 Å². The van der Waals surface area contributed by atoms with Crippen molar-refractivity contribution in [2.45, 2.75) is 52.6 Å². The average Bonchev–Trinajstić information content (AvgIpc) is 2.55. The van der Waals surface area contributed by atoms with E-state index in [1.807, 2.05) is 20.8 Å². The number of urea groups is 1. The van der Waals surface area contributed by atoms with E-state index < -0.39 is 6.03 Å². The fraction of sp³-hybridized carbons (Fsp3) is 0.619. The van der Waals surface area contributed by atoms with Crippen LogP contribution in [0.1, 0.15) is 51.7 Å². The van der Waals surface area contributed by atoms with Crippen molar-refractivity contribution in [2.75, 3.05) is 32.7 Å². The maximum atomic E-state index is 12.1. The van der Waals surface area contributed by atoms with Gasteiger partial charge in [-0.3, -0.25) is 10.1 Å². The zero-order chi connectivity index (χ0) is 20.0. The van der Waals surface area contributed by atoms with Gasteiger partial charge < -0.3 is 15.1 Å². The first kappa shape index (κ1) is 21.4. The molecule has 2 rings (SSSR count). The highest BCUT2D eigenvalue weighted by molar-refractivity contribution is 5.94. The van der Waals surface area contributed by atoms with Gasteiger partial charge in [0.1, 0.15) is 32.7 Å². The maximum Gasteiger partial charge on any atom is 0.322 e. The van der Waals surface area contributed by atoms with Gasteiger partial charge in [-0.1, -0.05) is 38.1 Å². The van der Waals surface area contributed by atoms with Crippen LogP contribution in [0.2, 0.25) is 0 Å². The van der Waals surface area contributed by atoms with Gasteiger partial charge in [-0.15, -0.1) is 0 Å². The smallest absolute Gasteiger partial charge is 0.322 e.